The number of hydrogen-bond donors (Lipinski definition) is 3. The largest absolute Gasteiger partial charge is 0.389 e. The molecule has 126 valence electrons. The van der Waals surface area contributed by atoms with Crippen molar-refractivity contribution in [2.45, 2.75) is 72.7 Å². The number of carbonyl (C=O) groups is 1. The Bertz CT molecular complexity index is 485. The minimum absolute atomic E-state index is 0.123. The number of rotatable bonds is 0. The van der Waals surface area contributed by atoms with Gasteiger partial charge < -0.3 is 15.3 Å². The molecule has 0 aromatic carbocycles. The minimum atomic E-state index is -0.458. The monoisotopic (exact) mass is 310 g/mol. The zero-order chi connectivity index (χ0) is 17.3. The zero-order valence-electron chi connectivity index (χ0n) is 14.6. The molecule has 0 heterocycles. The van der Waals surface area contributed by atoms with Crippen LogP contribution < -0.4 is 0 Å². The molecule has 4 nitrogen and oxygen atoms in total. The van der Waals surface area contributed by atoms with Gasteiger partial charge in [-0.05, 0) is 42.9 Å². The van der Waals surface area contributed by atoms with Gasteiger partial charge in [-0.25, -0.2) is 0 Å². The lowest BCUT2D eigenvalue weighted by Gasteiger charge is -2.36. The molecule has 0 aromatic heterocycles. The first-order valence-corrected chi connectivity index (χ1v) is 7.80. The molecule has 0 spiro atoms. The third-order valence-electron chi connectivity index (χ3n) is 4.55. The number of allylic oxidation sites excluding steroid dienone is 1. The molecule has 2 aliphatic carbocycles. The second-order valence-corrected chi connectivity index (χ2v) is 8.00. The number of aliphatic hydroxyl groups is 3. The second-order valence-electron chi connectivity index (χ2n) is 8.00. The van der Waals surface area contributed by atoms with E-state index in [-0.39, 0.29) is 22.7 Å². The van der Waals surface area contributed by atoms with Crippen LogP contribution in [0.5, 0.6) is 0 Å². The van der Waals surface area contributed by atoms with Crippen LogP contribution in [0.1, 0.15) is 54.4 Å². The van der Waals surface area contributed by atoms with Gasteiger partial charge >= 0.3 is 0 Å². The van der Waals surface area contributed by atoms with Crippen molar-refractivity contribution in [3.8, 4) is 0 Å². The Morgan fingerprint density at radius 2 is 1.45 bits per heavy atom. The van der Waals surface area contributed by atoms with Gasteiger partial charge in [-0.3, -0.25) is 4.79 Å². The summed E-state index contributed by atoms with van der Waals surface area (Å²) in [6, 6.07) is 0. The van der Waals surface area contributed by atoms with E-state index in [1.54, 1.807) is 13.0 Å². The van der Waals surface area contributed by atoms with E-state index in [1.807, 2.05) is 34.6 Å². The molecule has 2 aliphatic rings. The normalized spacial score (nSPS) is 33.3. The van der Waals surface area contributed by atoms with Gasteiger partial charge in [0.2, 0.25) is 0 Å². The van der Waals surface area contributed by atoms with Crippen LogP contribution in [-0.2, 0) is 4.79 Å². The third-order valence-corrected chi connectivity index (χ3v) is 4.55. The van der Waals surface area contributed by atoms with Crippen molar-refractivity contribution < 1.29 is 20.1 Å². The van der Waals surface area contributed by atoms with E-state index in [0.717, 1.165) is 11.1 Å². The van der Waals surface area contributed by atoms with E-state index < -0.39 is 12.2 Å². The molecule has 3 atom stereocenters. The van der Waals surface area contributed by atoms with Crippen LogP contribution in [0.15, 0.2) is 23.3 Å². The van der Waals surface area contributed by atoms with Crippen LogP contribution >= 0.6 is 0 Å². The van der Waals surface area contributed by atoms with Gasteiger partial charge in [0.05, 0.1) is 18.3 Å². The van der Waals surface area contributed by atoms with E-state index in [2.05, 4.69) is 0 Å². The highest BCUT2D eigenvalue weighted by molar-refractivity contribution is 5.92. The number of ketones is 1. The molecule has 0 unspecified atom stereocenters. The number of hydrogen-bond acceptors (Lipinski definition) is 4. The summed E-state index contributed by atoms with van der Waals surface area (Å²) < 4.78 is 0. The lowest BCUT2D eigenvalue weighted by molar-refractivity contribution is -0.119. The maximum absolute atomic E-state index is 11.0. The predicted octanol–water partition coefficient (Wildman–Crippen LogP) is 2.38. The van der Waals surface area contributed by atoms with Crippen LogP contribution in [0.2, 0.25) is 0 Å². The number of aliphatic hydroxyl groups excluding tert-OH is 3. The molecule has 0 bridgehead atoms. The lowest BCUT2D eigenvalue weighted by Crippen LogP contribution is -2.37. The molecule has 4 heteroatoms. The van der Waals surface area contributed by atoms with Crippen molar-refractivity contribution in [1.82, 2.24) is 0 Å². The van der Waals surface area contributed by atoms with Crippen molar-refractivity contribution in [2.24, 2.45) is 10.8 Å². The highest BCUT2D eigenvalue weighted by atomic mass is 16.3. The van der Waals surface area contributed by atoms with Crippen molar-refractivity contribution in [2.75, 3.05) is 0 Å². The molecule has 0 radical (unpaired) electrons. The summed E-state index contributed by atoms with van der Waals surface area (Å²) in [6.45, 7) is 11.4. The van der Waals surface area contributed by atoms with Crippen LogP contribution in [0.3, 0.4) is 0 Å². The molecular weight excluding hydrogens is 280 g/mol. The zero-order valence-corrected chi connectivity index (χ0v) is 14.6. The molecule has 0 aliphatic heterocycles. The van der Waals surface area contributed by atoms with Crippen LogP contribution in [0, 0.1) is 10.8 Å². The molecule has 0 amide bonds. The maximum Gasteiger partial charge on any atom is 0.156 e. The van der Waals surface area contributed by atoms with E-state index in [0.29, 0.717) is 12.8 Å². The van der Waals surface area contributed by atoms with Crippen molar-refractivity contribution in [3.05, 3.63) is 23.3 Å². The van der Waals surface area contributed by atoms with E-state index in [1.165, 1.54) is 6.08 Å². The van der Waals surface area contributed by atoms with E-state index in [9.17, 15) is 20.1 Å². The number of carbonyl (C=O) groups excluding carboxylic acids is 1. The van der Waals surface area contributed by atoms with Gasteiger partial charge in [0.15, 0.2) is 5.78 Å². The Morgan fingerprint density at radius 1 is 0.955 bits per heavy atom. The summed E-state index contributed by atoms with van der Waals surface area (Å²) in [5.74, 6) is 0.123. The Kier molecular flexibility index (Phi) is 5.77. The van der Waals surface area contributed by atoms with Crippen LogP contribution in [0.4, 0.5) is 0 Å². The van der Waals surface area contributed by atoms with Gasteiger partial charge in [0.1, 0.15) is 0 Å². The lowest BCUT2D eigenvalue weighted by atomic mass is 9.74. The highest BCUT2D eigenvalue weighted by Crippen LogP contribution is 2.35. The molecule has 0 fully saturated rings. The second kappa shape index (κ2) is 6.65. The third kappa shape index (κ3) is 4.51. The Hall–Kier alpha value is -0.970. The van der Waals surface area contributed by atoms with Crippen molar-refractivity contribution in [1.29, 1.82) is 0 Å². The van der Waals surface area contributed by atoms with Crippen molar-refractivity contribution >= 4 is 5.78 Å². The SMILES string of the molecule is CC1=CC(=O)CC(C)(C)[C@H]1O.CC1=C[C@@H](O)CC(C)(C)[C@H]1O. The Labute approximate surface area is 133 Å². The van der Waals surface area contributed by atoms with Gasteiger partial charge in [-0.15, -0.1) is 0 Å². The molecule has 22 heavy (non-hydrogen) atoms. The van der Waals surface area contributed by atoms with Crippen LogP contribution in [-0.4, -0.2) is 39.4 Å². The Balaban J connectivity index is 0.000000220. The summed E-state index contributed by atoms with van der Waals surface area (Å²) in [6.07, 6.45) is 3.13. The molecule has 3 N–H and O–H groups in total. The maximum atomic E-state index is 11.0. The predicted molar refractivity (Wildman–Crippen MR) is 87.3 cm³/mol. The van der Waals surface area contributed by atoms with Gasteiger partial charge in [0.25, 0.3) is 0 Å². The van der Waals surface area contributed by atoms with Crippen LogP contribution in [0.25, 0.3) is 0 Å². The summed E-state index contributed by atoms with van der Waals surface area (Å²) in [5, 5.41) is 28.6. The van der Waals surface area contributed by atoms with E-state index in [4.69, 9.17) is 0 Å². The molecule has 0 aromatic rings. The van der Waals surface area contributed by atoms with E-state index >= 15 is 0 Å². The first-order chi connectivity index (χ1) is 9.86. The topological polar surface area (TPSA) is 77.8 Å². The fourth-order valence-electron chi connectivity index (χ4n) is 3.27. The summed E-state index contributed by atoms with van der Waals surface area (Å²) in [5.41, 5.74) is 1.20. The first-order valence-electron chi connectivity index (χ1n) is 7.80. The highest BCUT2D eigenvalue weighted by Gasteiger charge is 2.35. The van der Waals surface area contributed by atoms with Gasteiger partial charge in [-0.2, -0.15) is 0 Å². The summed E-state index contributed by atoms with van der Waals surface area (Å²) >= 11 is 0. The average Bonchev–Trinajstić information content (AvgIpc) is 2.32. The fraction of sp³-hybridized carbons (Fsp3) is 0.722. The Morgan fingerprint density at radius 3 is 1.91 bits per heavy atom. The fourth-order valence-corrected chi connectivity index (χ4v) is 3.27. The summed E-state index contributed by atoms with van der Waals surface area (Å²) in [4.78, 5) is 11.0. The molecule has 2 rings (SSSR count). The molecular formula is C18H30O4. The van der Waals surface area contributed by atoms with Gasteiger partial charge in [-0.1, -0.05) is 33.8 Å². The molecule has 0 saturated carbocycles. The van der Waals surface area contributed by atoms with Gasteiger partial charge in [0, 0.05) is 11.8 Å². The minimum Gasteiger partial charge on any atom is -0.389 e. The average molecular weight is 310 g/mol. The first kappa shape index (κ1) is 19.1. The smallest absolute Gasteiger partial charge is 0.156 e. The quantitative estimate of drug-likeness (QED) is 0.600. The molecule has 0 saturated heterocycles. The summed E-state index contributed by atoms with van der Waals surface area (Å²) in [7, 11) is 0. The van der Waals surface area contributed by atoms with Crippen molar-refractivity contribution in [3.63, 3.8) is 0 Å². The standard InChI is InChI=1S/C9H16O2.C9H14O2/c2*1-6-4-7(10)5-9(2,3)8(6)11/h4,7-8,10-11H,5H2,1-3H3;4,8,11H,5H2,1-3H3/t7-,8+;8-/m10/s1.